The van der Waals surface area contributed by atoms with Crippen molar-refractivity contribution in [1.82, 2.24) is 5.32 Å². The maximum absolute atomic E-state index is 14.0. The fraction of sp³-hybridized carbons (Fsp3) is 0.417. The number of carbonyl (C=O) groups excluding carboxylic acids is 2. The summed E-state index contributed by atoms with van der Waals surface area (Å²) in [5.41, 5.74) is 1.65. The van der Waals surface area contributed by atoms with E-state index in [0.717, 1.165) is 11.6 Å². The number of ether oxygens (including phenoxy) is 4. The summed E-state index contributed by atoms with van der Waals surface area (Å²) in [6.45, 7) is 4.21. The van der Waals surface area contributed by atoms with Crippen LogP contribution in [-0.4, -0.2) is 52.5 Å². The third kappa shape index (κ3) is 4.97. The predicted molar refractivity (Wildman–Crippen MR) is 121 cm³/mol. The van der Waals surface area contributed by atoms with Crippen LogP contribution in [-0.2, 0) is 4.74 Å². The lowest BCUT2D eigenvalue weighted by Gasteiger charge is -2.39. The third-order valence-corrected chi connectivity index (χ3v) is 5.69. The number of hydrogen-bond donors (Lipinski definition) is 1. The average Bonchev–Trinajstić information content (AvgIpc) is 2.81. The molecule has 2 atom stereocenters. The van der Waals surface area contributed by atoms with E-state index < -0.39 is 17.8 Å². The average molecular weight is 461 g/mol. The zero-order valence-electron chi connectivity index (χ0n) is 19.4. The fourth-order valence-electron chi connectivity index (χ4n) is 4.09. The van der Waals surface area contributed by atoms with E-state index >= 15 is 0 Å². The molecule has 0 aromatic heterocycles. The number of halogens is 1. The van der Waals surface area contributed by atoms with Crippen LogP contribution in [0.2, 0.25) is 0 Å². The fourth-order valence-corrected chi connectivity index (χ4v) is 4.09. The number of amides is 2. The number of benzene rings is 2. The van der Waals surface area contributed by atoms with Crippen LogP contribution in [0.4, 0.5) is 14.9 Å². The Bertz CT molecular complexity index is 1030. The van der Waals surface area contributed by atoms with E-state index in [1.54, 1.807) is 17.9 Å². The van der Waals surface area contributed by atoms with Gasteiger partial charge in [0.2, 0.25) is 0 Å². The second-order valence-electron chi connectivity index (χ2n) is 7.68. The van der Waals surface area contributed by atoms with Gasteiger partial charge in [0.1, 0.15) is 0 Å². The second-order valence-corrected chi connectivity index (χ2v) is 7.68. The van der Waals surface area contributed by atoms with Crippen molar-refractivity contribution in [2.75, 3.05) is 39.4 Å². The van der Waals surface area contributed by atoms with Gasteiger partial charge >= 0.3 is 6.09 Å². The first kappa shape index (κ1) is 24.2. The van der Waals surface area contributed by atoms with Crippen LogP contribution < -0.4 is 24.4 Å². The van der Waals surface area contributed by atoms with Crippen molar-refractivity contribution in [3.8, 4) is 17.2 Å². The largest absolute Gasteiger partial charge is 0.494 e. The highest BCUT2D eigenvalue weighted by molar-refractivity contribution is 5.94. The van der Waals surface area contributed by atoms with Gasteiger partial charge < -0.3 is 24.3 Å². The molecule has 0 aliphatic carbocycles. The Kier molecular flexibility index (Phi) is 7.63. The molecule has 9 heteroatoms. The van der Waals surface area contributed by atoms with Crippen LogP contribution in [0, 0.1) is 5.82 Å². The first-order valence-corrected chi connectivity index (χ1v) is 10.7. The van der Waals surface area contributed by atoms with Crippen molar-refractivity contribution in [2.24, 2.45) is 0 Å². The molecule has 3 rings (SSSR count). The zero-order valence-corrected chi connectivity index (χ0v) is 19.4. The Balaban J connectivity index is 1.89. The van der Waals surface area contributed by atoms with Gasteiger partial charge in [-0.15, -0.1) is 0 Å². The number of hydrogen-bond acceptors (Lipinski definition) is 6. The van der Waals surface area contributed by atoms with Crippen LogP contribution in [0.1, 0.15) is 42.1 Å². The van der Waals surface area contributed by atoms with Crippen molar-refractivity contribution >= 4 is 17.7 Å². The summed E-state index contributed by atoms with van der Waals surface area (Å²) >= 11 is 0. The lowest BCUT2D eigenvalue weighted by atomic mass is 9.85. The molecule has 0 radical (unpaired) electrons. The molecule has 2 aromatic rings. The quantitative estimate of drug-likeness (QED) is 0.669. The van der Waals surface area contributed by atoms with E-state index in [1.165, 1.54) is 33.5 Å². The summed E-state index contributed by atoms with van der Waals surface area (Å²) in [6, 6.07) is 7.43. The van der Waals surface area contributed by atoms with E-state index in [0.29, 0.717) is 23.6 Å². The van der Waals surface area contributed by atoms with E-state index in [4.69, 9.17) is 18.9 Å². The molecule has 0 saturated carbocycles. The van der Waals surface area contributed by atoms with Crippen molar-refractivity contribution in [1.29, 1.82) is 0 Å². The number of methoxy groups -OCH3 is 3. The van der Waals surface area contributed by atoms with Gasteiger partial charge in [-0.25, -0.2) is 9.18 Å². The van der Waals surface area contributed by atoms with Gasteiger partial charge in [-0.05, 0) is 50.1 Å². The van der Waals surface area contributed by atoms with Gasteiger partial charge in [-0.1, -0.05) is 0 Å². The summed E-state index contributed by atoms with van der Waals surface area (Å²) in [5.74, 6) is -0.0590. The molecule has 1 aliphatic rings. The maximum Gasteiger partial charge on any atom is 0.414 e. The second kappa shape index (κ2) is 10.4. The minimum atomic E-state index is -0.608. The van der Waals surface area contributed by atoms with Crippen molar-refractivity contribution in [3.63, 3.8) is 0 Å². The van der Waals surface area contributed by atoms with E-state index in [1.807, 2.05) is 13.0 Å². The minimum absolute atomic E-state index is 0.0710. The molecule has 2 amide bonds. The number of fused-ring (bicyclic) bond motifs is 1. The number of nitrogens with one attached hydrogen (secondary N) is 1. The standard InChI is InChI=1S/C24H29FN2O6/c1-6-33-24(29)27-14(2)9-16(17-11-21(31-4)22(32-5)12-19(17)27)13-26-23(28)15-7-8-20(30-3)18(25)10-15/h7-8,10-12,14,16H,6,9,13H2,1-5H3,(H,26,28). The normalized spacial score (nSPS) is 17.1. The molecule has 1 N–H and O–H groups in total. The molecule has 0 bridgehead atoms. The van der Waals surface area contributed by atoms with E-state index in [9.17, 15) is 14.0 Å². The van der Waals surface area contributed by atoms with Gasteiger partial charge in [0.05, 0.1) is 33.6 Å². The first-order valence-electron chi connectivity index (χ1n) is 10.7. The Morgan fingerprint density at radius 2 is 1.73 bits per heavy atom. The Hall–Kier alpha value is -3.49. The Morgan fingerprint density at radius 3 is 2.33 bits per heavy atom. The maximum atomic E-state index is 14.0. The molecule has 2 aromatic carbocycles. The minimum Gasteiger partial charge on any atom is -0.494 e. The van der Waals surface area contributed by atoms with Crippen molar-refractivity contribution in [2.45, 2.75) is 32.2 Å². The van der Waals surface area contributed by atoms with Crippen LogP contribution in [0.5, 0.6) is 17.2 Å². The van der Waals surface area contributed by atoms with Crippen molar-refractivity contribution < 1.29 is 32.9 Å². The van der Waals surface area contributed by atoms with Gasteiger partial charge in [0.15, 0.2) is 23.1 Å². The predicted octanol–water partition coefficient (Wildman–Crippen LogP) is 4.12. The van der Waals surface area contributed by atoms with Gasteiger partial charge in [-0.2, -0.15) is 0 Å². The molecule has 33 heavy (non-hydrogen) atoms. The van der Waals surface area contributed by atoms with Gasteiger partial charge in [0.25, 0.3) is 5.91 Å². The van der Waals surface area contributed by atoms with Crippen LogP contribution in [0.15, 0.2) is 30.3 Å². The number of anilines is 1. The molecule has 0 spiro atoms. The van der Waals surface area contributed by atoms with Gasteiger partial charge in [-0.3, -0.25) is 9.69 Å². The highest BCUT2D eigenvalue weighted by Crippen LogP contribution is 2.44. The Labute approximate surface area is 192 Å². The van der Waals surface area contributed by atoms with Crippen LogP contribution in [0.25, 0.3) is 0 Å². The highest BCUT2D eigenvalue weighted by atomic mass is 19.1. The summed E-state index contributed by atoms with van der Waals surface area (Å²) in [7, 11) is 4.42. The lowest BCUT2D eigenvalue weighted by Crippen LogP contribution is -2.45. The number of nitrogens with zero attached hydrogens (tertiary/aromatic N) is 1. The van der Waals surface area contributed by atoms with E-state index in [-0.39, 0.29) is 36.4 Å². The SMILES string of the molecule is CCOC(=O)N1c2cc(OC)c(OC)cc2C(CNC(=O)c2ccc(OC)c(F)c2)CC1C. The third-order valence-electron chi connectivity index (χ3n) is 5.69. The molecule has 1 aliphatic heterocycles. The molecular weight excluding hydrogens is 431 g/mol. The molecule has 8 nitrogen and oxygen atoms in total. The molecule has 1 heterocycles. The van der Waals surface area contributed by atoms with E-state index in [2.05, 4.69) is 5.32 Å². The monoisotopic (exact) mass is 460 g/mol. The number of carbonyl (C=O) groups is 2. The molecule has 2 unspecified atom stereocenters. The van der Waals surface area contributed by atoms with Gasteiger partial charge in [0, 0.05) is 30.1 Å². The van der Waals surface area contributed by atoms with Crippen LogP contribution >= 0.6 is 0 Å². The summed E-state index contributed by atoms with van der Waals surface area (Å²) in [5, 5.41) is 2.88. The molecular formula is C24H29FN2O6. The smallest absolute Gasteiger partial charge is 0.414 e. The topological polar surface area (TPSA) is 86.3 Å². The summed E-state index contributed by atoms with van der Waals surface area (Å²) in [6.07, 6.45) is 0.133. The molecule has 0 saturated heterocycles. The number of rotatable bonds is 7. The molecule has 0 fully saturated rings. The zero-order chi connectivity index (χ0) is 24.1. The van der Waals surface area contributed by atoms with Crippen molar-refractivity contribution in [3.05, 3.63) is 47.3 Å². The Morgan fingerprint density at radius 1 is 1.06 bits per heavy atom. The molecule has 178 valence electrons. The van der Waals surface area contributed by atoms with Crippen LogP contribution in [0.3, 0.4) is 0 Å². The lowest BCUT2D eigenvalue weighted by molar-refractivity contribution is 0.0949. The first-order chi connectivity index (χ1) is 15.8. The summed E-state index contributed by atoms with van der Waals surface area (Å²) in [4.78, 5) is 26.9. The highest BCUT2D eigenvalue weighted by Gasteiger charge is 2.36. The summed E-state index contributed by atoms with van der Waals surface area (Å²) < 4.78 is 35.0.